The number of nitrogens with one attached hydrogen (secondary N) is 2. The predicted octanol–water partition coefficient (Wildman–Crippen LogP) is 0.139. The average molecular weight is 315 g/mol. The summed E-state index contributed by atoms with van der Waals surface area (Å²) >= 11 is 0. The molecule has 1 atom stereocenters. The van der Waals surface area contributed by atoms with Crippen LogP contribution in [-0.4, -0.2) is 47.1 Å². The molecule has 1 aliphatic rings. The molecule has 0 saturated carbocycles. The number of hydrogen-bond acceptors (Lipinski definition) is 5. The van der Waals surface area contributed by atoms with Gasteiger partial charge < -0.3 is 15.4 Å². The van der Waals surface area contributed by atoms with Crippen molar-refractivity contribution in [1.82, 2.24) is 25.6 Å². The van der Waals surface area contributed by atoms with Crippen molar-refractivity contribution in [2.45, 2.75) is 12.6 Å². The van der Waals surface area contributed by atoms with Crippen molar-refractivity contribution in [2.75, 3.05) is 20.3 Å². The van der Waals surface area contributed by atoms with Crippen LogP contribution < -0.4 is 10.6 Å². The molecule has 1 aromatic heterocycles. The minimum absolute atomic E-state index is 0.0325. The van der Waals surface area contributed by atoms with Crippen molar-refractivity contribution in [2.24, 2.45) is 0 Å². The van der Waals surface area contributed by atoms with E-state index < -0.39 is 5.91 Å². The maximum Gasteiger partial charge on any atom is 0.274 e. The average Bonchev–Trinajstić information content (AvgIpc) is 3.00. The Morgan fingerprint density at radius 1 is 1.43 bits per heavy atom. The van der Waals surface area contributed by atoms with Crippen LogP contribution in [0, 0.1) is 0 Å². The lowest BCUT2D eigenvalue weighted by atomic mass is 10.0. The third-order valence-corrected chi connectivity index (χ3v) is 3.62. The number of ether oxygens (including phenoxy) is 1. The van der Waals surface area contributed by atoms with E-state index in [2.05, 4.69) is 20.9 Å². The second kappa shape index (κ2) is 6.57. The van der Waals surface area contributed by atoms with Crippen molar-refractivity contribution in [3.63, 3.8) is 0 Å². The van der Waals surface area contributed by atoms with Gasteiger partial charge in [-0.25, -0.2) is 4.68 Å². The van der Waals surface area contributed by atoms with E-state index in [0.29, 0.717) is 19.7 Å². The van der Waals surface area contributed by atoms with Crippen molar-refractivity contribution in [1.29, 1.82) is 0 Å². The van der Waals surface area contributed by atoms with E-state index in [1.165, 1.54) is 4.68 Å². The van der Waals surface area contributed by atoms with Gasteiger partial charge in [0.15, 0.2) is 11.4 Å². The molecule has 1 aliphatic heterocycles. The number of carbonyl (C=O) groups excluding carboxylic acids is 2. The van der Waals surface area contributed by atoms with Crippen LogP contribution in [0.3, 0.4) is 0 Å². The Balaban J connectivity index is 1.80. The standard InChI is InChI=1S/C15H17N5O3/c1-23-8-7-16-14(21)12-13-15(22)17-11(9-20(13)19-18-12)10-5-3-2-4-6-10/h2-6,11H,7-9H2,1H3,(H,16,21)(H,17,22)/t11-/m1/s1. The molecule has 3 rings (SSSR count). The van der Waals surface area contributed by atoms with Crippen LogP contribution in [0.15, 0.2) is 30.3 Å². The summed E-state index contributed by atoms with van der Waals surface area (Å²) in [6.45, 7) is 1.16. The van der Waals surface area contributed by atoms with Gasteiger partial charge in [-0.3, -0.25) is 9.59 Å². The van der Waals surface area contributed by atoms with Crippen molar-refractivity contribution >= 4 is 11.8 Å². The number of aromatic nitrogens is 3. The quantitative estimate of drug-likeness (QED) is 0.765. The largest absolute Gasteiger partial charge is 0.383 e. The maximum absolute atomic E-state index is 12.4. The second-order valence-corrected chi connectivity index (χ2v) is 5.15. The van der Waals surface area contributed by atoms with Gasteiger partial charge >= 0.3 is 0 Å². The van der Waals surface area contributed by atoms with Crippen LogP contribution in [0.5, 0.6) is 0 Å². The monoisotopic (exact) mass is 315 g/mol. The lowest BCUT2D eigenvalue weighted by Crippen LogP contribution is -2.40. The van der Waals surface area contributed by atoms with Crippen LogP contribution in [0.2, 0.25) is 0 Å². The first-order chi connectivity index (χ1) is 11.2. The molecule has 8 nitrogen and oxygen atoms in total. The summed E-state index contributed by atoms with van der Waals surface area (Å²) in [5.41, 5.74) is 1.20. The summed E-state index contributed by atoms with van der Waals surface area (Å²) in [4.78, 5) is 24.5. The molecule has 2 aromatic rings. The third-order valence-electron chi connectivity index (χ3n) is 3.62. The summed E-state index contributed by atoms with van der Waals surface area (Å²) in [5, 5.41) is 13.3. The molecule has 0 saturated heterocycles. The van der Waals surface area contributed by atoms with E-state index in [-0.39, 0.29) is 23.3 Å². The normalized spacial score (nSPS) is 16.6. The van der Waals surface area contributed by atoms with Gasteiger partial charge in [0.05, 0.1) is 19.2 Å². The number of amides is 2. The third kappa shape index (κ3) is 3.07. The molecule has 0 bridgehead atoms. The summed E-state index contributed by atoms with van der Waals surface area (Å²) in [5.74, 6) is -0.788. The summed E-state index contributed by atoms with van der Waals surface area (Å²) < 4.78 is 6.35. The topological polar surface area (TPSA) is 98.1 Å². The Labute approximate surface area is 132 Å². The van der Waals surface area contributed by atoms with Crippen molar-refractivity contribution in [3.05, 3.63) is 47.3 Å². The Morgan fingerprint density at radius 2 is 2.22 bits per heavy atom. The fraction of sp³-hybridized carbons (Fsp3) is 0.333. The first-order valence-corrected chi connectivity index (χ1v) is 7.27. The molecule has 0 spiro atoms. The van der Waals surface area contributed by atoms with Gasteiger partial charge in [0.1, 0.15) is 0 Å². The molecule has 8 heteroatoms. The van der Waals surface area contributed by atoms with Crippen molar-refractivity contribution in [3.8, 4) is 0 Å². The van der Waals surface area contributed by atoms with Crippen LogP contribution in [-0.2, 0) is 11.3 Å². The van der Waals surface area contributed by atoms with Crippen LogP contribution in [0.25, 0.3) is 0 Å². The zero-order chi connectivity index (χ0) is 16.2. The number of methoxy groups -OCH3 is 1. The molecule has 2 N–H and O–H groups in total. The van der Waals surface area contributed by atoms with Crippen molar-refractivity contribution < 1.29 is 14.3 Å². The molecule has 0 radical (unpaired) electrons. The number of fused-ring (bicyclic) bond motifs is 1. The van der Waals surface area contributed by atoms with E-state index >= 15 is 0 Å². The summed E-state index contributed by atoms with van der Waals surface area (Å²) in [6, 6.07) is 9.41. The fourth-order valence-corrected chi connectivity index (χ4v) is 2.49. The zero-order valence-corrected chi connectivity index (χ0v) is 12.7. The first-order valence-electron chi connectivity index (χ1n) is 7.27. The summed E-state index contributed by atoms with van der Waals surface area (Å²) in [7, 11) is 1.55. The minimum atomic E-state index is -0.434. The summed E-state index contributed by atoms with van der Waals surface area (Å²) in [6.07, 6.45) is 0. The first kappa shape index (κ1) is 15.2. The number of rotatable bonds is 5. The molecule has 23 heavy (non-hydrogen) atoms. The van der Waals surface area contributed by atoms with E-state index in [1.807, 2.05) is 30.3 Å². The Bertz CT molecular complexity index is 713. The van der Waals surface area contributed by atoms with Gasteiger partial charge in [-0.15, -0.1) is 5.10 Å². The molecule has 2 heterocycles. The maximum atomic E-state index is 12.4. The van der Waals surface area contributed by atoms with Gasteiger partial charge in [-0.1, -0.05) is 35.5 Å². The zero-order valence-electron chi connectivity index (χ0n) is 12.7. The molecule has 0 aliphatic carbocycles. The van der Waals surface area contributed by atoms with Gasteiger partial charge in [-0.2, -0.15) is 0 Å². The fourth-order valence-electron chi connectivity index (χ4n) is 2.49. The molecule has 2 amide bonds. The molecule has 0 unspecified atom stereocenters. The minimum Gasteiger partial charge on any atom is -0.383 e. The van der Waals surface area contributed by atoms with E-state index in [9.17, 15) is 9.59 Å². The second-order valence-electron chi connectivity index (χ2n) is 5.15. The SMILES string of the molecule is COCCNC(=O)c1nnn2c1C(=O)N[C@@H](c1ccccc1)C2. The molecular weight excluding hydrogens is 298 g/mol. The Hall–Kier alpha value is -2.74. The number of nitrogens with zero attached hydrogens (tertiary/aromatic N) is 3. The van der Waals surface area contributed by atoms with Gasteiger partial charge in [0, 0.05) is 13.7 Å². The molecule has 120 valence electrons. The van der Waals surface area contributed by atoms with Gasteiger partial charge in [0.2, 0.25) is 0 Å². The molecule has 0 fully saturated rings. The Morgan fingerprint density at radius 3 is 2.96 bits per heavy atom. The van der Waals surface area contributed by atoms with Gasteiger partial charge in [-0.05, 0) is 5.56 Å². The highest BCUT2D eigenvalue weighted by Crippen LogP contribution is 2.21. The number of benzene rings is 1. The highest BCUT2D eigenvalue weighted by molar-refractivity contribution is 6.05. The highest BCUT2D eigenvalue weighted by atomic mass is 16.5. The highest BCUT2D eigenvalue weighted by Gasteiger charge is 2.32. The smallest absolute Gasteiger partial charge is 0.274 e. The Kier molecular flexibility index (Phi) is 4.33. The van der Waals surface area contributed by atoms with Crippen LogP contribution in [0.4, 0.5) is 0 Å². The number of carbonyl (C=O) groups is 2. The molecule has 1 aromatic carbocycles. The lowest BCUT2D eigenvalue weighted by molar-refractivity contribution is 0.0873. The van der Waals surface area contributed by atoms with E-state index in [0.717, 1.165) is 5.56 Å². The van der Waals surface area contributed by atoms with Crippen LogP contribution in [0.1, 0.15) is 32.6 Å². The molecular formula is C15H17N5O3. The lowest BCUT2D eigenvalue weighted by Gasteiger charge is -2.24. The number of hydrogen-bond donors (Lipinski definition) is 2. The van der Waals surface area contributed by atoms with E-state index in [4.69, 9.17) is 4.74 Å². The predicted molar refractivity (Wildman–Crippen MR) is 80.9 cm³/mol. The van der Waals surface area contributed by atoms with Crippen LogP contribution >= 0.6 is 0 Å². The van der Waals surface area contributed by atoms with Gasteiger partial charge in [0.25, 0.3) is 11.8 Å². The van der Waals surface area contributed by atoms with E-state index in [1.54, 1.807) is 7.11 Å².